The molecule has 24 nitrogen and oxygen atoms in total. The van der Waals surface area contributed by atoms with E-state index in [1.54, 1.807) is 0 Å². The highest BCUT2D eigenvalue weighted by atomic mass is 31.2. The van der Waals surface area contributed by atoms with Gasteiger partial charge in [0.25, 0.3) is 0 Å². The van der Waals surface area contributed by atoms with Crippen LogP contribution in [0.1, 0.15) is 265 Å². The lowest BCUT2D eigenvalue weighted by Crippen LogP contribution is -2.69. The summed E-state index contributed by atoms with van der Waals surface area (Å²) in [5.41, 5.74) is 0. The van der Waals surface area contributed by atoms with Gasteiger partial charge in [0.05, 0.1) is 13.2 Å². The second-order valence-electron chi connectivity index (χ2n) is 25.3. The van der Waals surface area contributed by atoms with Crippen LogP contribution in [-0.4, -0.2) is 204 Å². The van der Waals surface area contributed by atoms with E-state index in [0.717, 1.165) is 96.3 Å². The van der Waals surface area contributed by atoms with Gasteiger partial charge >= 0.3 is 25.7 Å². The summed E-state index contributed by atoms with van der Waals surface area (Å²) in [4.78, 5) is 50.7. The molecule has 2 saturated heterocycles. The van der Waals surface area contributed by atoms with Crippen LogP contribution in [0.4, 0.5) is 0 Å². The maximum absolute atomic E-state index is 14.3. The molecule has 2 heterocycles. The summed E-state index contributed by atoms with van der Waals surface area (Å²) in [6.07, 6.45) is 2.18. The highest BCUT2D eigenvalue weighted by Crippen LogP contribution is 2.49. The molecule has 0 aromatic rings. The van der Waals surface area contributed by atoms with Crippen molar-refractivity contribution in [3.63, 3.8) is 0 Å². The molecule has 0 bridgehead atoms. The lowest BCUT2D eigenvalue weighted by atomic mass is 9.84. The van der Waals surface area contributed by atoms with E-state index < -0.39 is 156 Å². The van der Waals surface area contributed by atoms with Crippen LogP contribution in [0.5, 0.6) is 0 Å². The number of unbranched alkanes of at least 4 members (excludes halogenated alkanes) is 32. The molecule has 18 unspecified atom stereocenters. The summed E-state index contributed by atoms with van der Waals surface area (Å²) in [6.45, 7) is 3.40. The molecule has 1 saturated carbocycles. The normalized spacial score (nSPS) is 29.0. The topological polar surface area (TPSA) is 374 Å². The molecule has 3 fully saturated rings. The Morgan fingerprint density at radius 1 is 0.389 bits per heavy atom. The molecule has 25 heteroatoms. The van der Waals surface area contributed by atoms with Crippen LogP contribution in [0.25, 0.3) is 0 Å². The maximum Gasteiger partial charge on any atom is 0.472 e. The van der Waals surface area contributed by atoms with Crippen LogP contribution in [-0.2, 0) is 61.2 Å². The van der Waals surface area contributed by atoms with E-state index >= 15 is 0 Å². The molecule has 0 aromatic heterocycles. The smallest absolute Gasteiger partial charge is 0.463 e. The average Bonchev–Trinajstić information content (AvgIpc) is 0.842. The average molecular weight is 1320 g/mol. The highest BCUT2D eigenvalue weighted by Gasteiger charge is 2.58. The number of hydrogen-bond acceptors (Lipinski definition) is 23. The predicted molar refractivity (Wildman–Crippen MR) is 333 cm³/mol. The summed E-state index contributed by atoms with van der Waals surface area (Å²) in [7, 11) is -5.68. The molecular weight excluding hydrogens is 1200 g/mol. The Morgan fingerprint density at radius 3 is 1.09 bits per heavy atom. The number of hydrogen-bond donors (Lipinski definition) is 11. The van der Waals surface area contributed by atoms with Crippen molar-refractivity contribution in [2.75, 3.05) is 26.4 Å². The van der Waals surface area contributed by atoms with Crippen molar-refractivity contribution in [1.29, 1.82) is 0 Å². The van der Waals surface area contributed by atoms with Crippen molar-refractivity contribution in [1.82, 2.24) is 0 Å². The van der Waals surface area contributed by atoms with E-state index in [9.17, 15) is 74.9 Å². The fraction of sp³-hybridized carbons (Fsp3) is 0.954. The first-order valence-corrected chi connectivity index (χ1v) is 36.3. The maximum atomic E-state index is 14.3. The lowest BCUT2D eigenvalue weighted by Gasteiger charge is -2.49. The summed E-state index contributed by atoms with van der Waals surface area (Å²) in [5, 5.41) is 110. The number of carbonyl (C=O) groups is 3. The number of esters is 3. The van der Waals surface area contributed by atoms with Crippen molar-refractivity contribution in [2.45, 2.75) is 369 Å². The third-order valence-corrected chi connectivity index (χ3v) is 18.4. The summed E-state index contributed by atoms with van der Waals surface area (Å²) < 4.78 is 64.7. The first kappa shape index (κ1) is 82.2. The number of phosphoric acid groups is 1. The van der Waals surface area contributed by atoms with Crippen molar-refractivity contribution >= 4 is 25.7 Å². The molecule has 0 spiro atoms. The van der Waals surface area contributed by atoms with Crippen molar-refractivity contribution in [3.8, 4) is 0 Å². The van der Waals surface area contributed by atoms with Crippen molar-refractivity contribution in [2.24, 2.45) is 0 Å². The van der Waals surface area contributed by atoms with E-state index in [4.69, 9.17) is 42.2 Å². The fourth-order valence-corrected chi connectivity index (χ4v) is 12.6. The van der Waals surface area contributed by atoms with Crippen LogP contribution < -0.4 is 0 Å². The van der Waals surface area contributed by atoms with Crippen molar-refractivity contribution < 1.29 is 117 Å². The molecule has 0 amide bonds. The van der Waals surface area contributed by atoms with Crippen LogP contribution in [0.2, 0.25) is 0 Å². The highest BCUT2D eigenvalue weighted by molar-refractivity contribution is 7.47. The minimum absolute atomic E-state index is 0.0330. The SMILES string of the molecule is CCCCCCCCCCCCCCC(=O)OCC1OC(OC2C(O)C(O)C(O)C(OC3OC(CO)C(O)C(O)C3O)C2OP(=O)(O)OCC(COC(=O)CCCCCCCCCCCCC)OC(=O)CCCCCCCCCCCCCC)C(O)C(O)C1O. The summed E-state index contributed by atoms with van der Waals surface area (Å²) in [6, 6.07) is 0. The Kier molecular flexibility index (Phi) is 44.4. The van der Waals surface area contributed by atoms with Gasteiger partial charge in [-0.25, -0.2) is 4.57 Å². The molecule has 3 rings (SSSR count). The number of rotatable bonds is 53. The minimum atomic E-state index is -5.68. The lowest BCUT2D eigenvalue weighted by molar-refractivity contribution is -0.360. The largest absolute Gasteiger partial charge is 0.472 e. The van der Waals surface area contributed by atoms with E-state index in [0.29, 0.717) is 19.3 Å². The molecule has 530 valence electrons. The van der Waals surface area contributed by atoms with Gasteiger partial charge in [0.1, 0.15) is 98.7 Å². The van der Waals surface area contributed by atoms with E-state index in [1.165, 1.54) is 109 Å². The Labute approximate surface area is 536 Å². The van der Waals surface area contributed by atoms with Gasteiger partial charge in [0, 0.05) is 19.3 Å². The summed E-state index contributed by atoms with van der Waals surface area (Å²) in [5.74, 6) is -1.98. The summed E-state index contributed by atoms with van der Waals surface area (Å²) >= 11 is 0. The molecule has 3 aliphatic rings. The molecule has 90 heavy (non-hydrogen) atoms. The number of carbonyl (C=O) groups excluding carboxylic acids is 3. The third kappa shape index (κ3) is 32.6. The molecule has 18 atom stereocenters. The number of aliphatic hydroxyl groups excluding tert-OH is 10. The fourth-order valence-electron chi connectivity index (χ4n) is 11.6. The van der Waals surface area contributed by atoms with E-state index in [-0.39, 0.29) is 19.3 Å². The third-order valence-electron chi connectivity index (χ3n) is 17.4. The van der Waals surface area contributed by atoms with Gasteiger partial charge in [0.15, 0.2) is 18.7 Å². The van der Waals surface area contributed by atoms with Gasteiger partial charge < -0.3 is 89.1 Å². The number of ether oxygens (including phenoxy) is 7. The van der Waals surface area contributed by atoms with Crippen molar-refractivity contribution in [3.05, 3.63) is 0 Å². The zero-order valence-corrected chi connectivity index (χ0v) is 55.6. The van der Waals surface area contributed by atoms with Crippen LogP contribution >= 0.6 is 7.82 Å². The minimum Gasteiger partial charge on any atom is -0.463 e. The Hall–Kier alpha value is -2.04. The molecule has 1 aliphatic carbocycles. The van der Waals surface area contributed by atoms with Gasteiger partial charge in [-0.05, 0) is 19.3 Å². The Morgan fingerprint density at radius 2 is 0.711 bits per heavy atom. The van der Waals surface area contributed by atoms with E-state index in [2.05, 4.69) is 20.8 Å². The molecular formula is C65H121O24P. The van der Waals surface area contributed by atoms with Gasteiger partial charge in [-0.3, -0.25) is 23.4 Å². The van der Waals surface area contributed by atoms with Gasteiger partial charge in [-0.2, -0.15) is 0 Å². The first-order chi connectivity index (χ1) is 43.3. The standard InChI is InChI=1S/C65H121O24P/c1-4-7-10-13-16-19-22-25-28-31-34-37-40-50(68)82-45-48-53(71)55(73)60(78)65(86-48)88-62-58(76)56(74)57(75)61(87-64-59(77)54(72)52(70)47(42-66)85-64)63(62)89-90(79,80)83-44-46(43-81-49(67)39-36-33-30-27-24-21-18-15-12-9-6-3)84-51(69)41-38-35-32-29-26-23-20-17-14-11-8-5-2/h46-48,52-66,70-78H,4-45H2,1-3H3,(H,79,80). The number of phosphoric ester groups is 1. The molecule has 11 N–H and O–H groups in total. The molecule has 0 radical (unpaired) electrons. The molecule has 0 aromatic carbocycles. The van der Waals surface area contributed by atoms with Gasteiger partial charge in [-0.15, -0.1) is 0 Å². The zero-order chi connectivity index (χ0) is 66.1. The predicted octanol–water partition coefficient (Wildman–Crippen LogP) is 7.84. The van der Waals surface area contributed by atoms with Crippen LogP contribution in [0, 0.1) is 0 Å². The van der Waals surface area contributed by atoms with E-state index in [1.807, 2.05) is 0 Å². The zero-order valence-electron chi connectivity index (χ0n) is 54.7. The Balaban J connectivity index is 1.77. The number of aliphatic hydroxyl groups is 10. The quantitative estimate of drug-likeness (QED) is 0.0119. The second kappa shape index (κ2) is 48.6. The second-order valence-corrected chi connectivity index (χ2v) is 26.7. The van der Waals surface area contributed by atoms with Gasteiger partial charge in [0.2, 0.25) is 0 Å². The monoisotopic (exact) mass is 1320 g/mol. The van der Waals surface area contributed by atoms with Crippen LogP contribution in [0.3, 0.4) is 0 Å². The molecule has 2 aliphatic heterocycles. The first-order valence-electron chi connectivity index (χ1n) is 34.8. The van der Waals surface area contributed by atoms with Gasteiger partial charge in [-0.1, -0.05) is 226 Å². The van der Waals surface area contributed by atoms with Crippen LogP contribution in [0.15, 0.2) is 0 Å². The Bertz CT molecular complexity index is 1890.